The van der Waals surface area contributed by atoms with Crippen molar-refractivity contribution in [1.82, 2.24) is 10.2 Å². The fourth-order valence-electron chi connectivity index (χ4n) is 2.87. The van der Waals surface area contributed by atoms with Crippen molar-refractivity contribution < 1.29 is 17.6 Å². The van der Waals surface area contributed by atoms with Crippen molar-refractivity contribution in [2.75, 3.05) is 25.4 Å². The molecule has 1 heterocycles. The van der Waals surface area contributed by atoms with E-state index in [2.05, 4.69) is 5.32 Å². The number of hydrogen-bond donors (Lipinski definition) is 1. The molecule has 126 valence electrons. The van der Waals surface area contributed by atoms with E-state index in [0.29, 0.717) is 5.92 Å². The van der Waals surface area contributed by atoms with E-state index in [1.807, 2.05) is 0 Å². The Hall–Kier alpha value is -1.63. The summed E-state index contributed by atoms with van der Waals surface area (Å²) in [4.78, 5) is 13.7. The molecule has 0 radical (unpaired) electrons. The van der Waals surface area contributed by atoms with Crippen LogP contribution in [0.1, 0.15) is 19.3 Å². The Morgan fingerprint density at radius 2 is 1.83 bits per heavy atom. The normalized spacial score (nSPS) is 18.6. The molecule has 0 bridgehead atoms. The first kappa shape index (κ1) is 16.2. The van der Waals surface area contributed by atoms with Crippen molar-refractivity contribution in [1.29, 1.82) is 0 Å². The highest BCUT2D eigenvalue weighted by molar-refractivity contribution is 7.91. The van der Waals surface area contributed by atoms with Crippen LogP contribution in [0.5, 0.6) is 0 Å². The molecule has 7 heteroatoms. The number of sulfone groups is 1. The maximum atomic E-state index is 12.8. The van der Waals surface area contributed by atoms with Gasteiger partial charge in [0.2, 0.25) is 0 Å². The third-order valence-corrected chi connectivity index (χ3v) is 6.16. The van der Waals surface area contributed by atoms with Gasteiger partial charge in [-0.3, -0.25) is 0 Å². The standard InChI is InChI=1S/C16H21FN2O3S/c17-14-3-5-15(6-4-14)23(21,22)8-7-18-16(20)19-10-13(11-19)9-12-1-2-12/h3-6,12-13H,1-2,7-11H2,(H,18,20). The predicted molar refractivity (Wildman–Crippen MR) is 84.3 cm³/mol. The molecule has 2 fully saturated rings. The molecule has 3 rings (SSSR count). The molecule has 1 saturated carbocycles. The van der Waals surface area contributed by atoms with Crippen LogP contribution in [0.2, 0.25) is 0 Å². The van der Waals surface area contributed by atoms with Gasteiger partial charge in [-0.25, -0.2) is 17.6 Å². The Labute approximate surface area is 135 Å². The molecule has 0 unspecified atom stereocenters. The minimum absolute atomic E-state index is 0.0579. The molecule has 1 aromatic rings. The monoisotopic (exact) mass is 340 g/mol. The minimum Gasteiger partial charge on any atom is -0.337 e. The molecule has 23 heavy (non-hydrogen) atoms. The van der Waals surface area contributed by atoms with Gasteiger partial charge < -0.3 is 10.2 Å². The molecular weight excluding hydrogens is 319 g/mol. The van der Waals surface area contributed by atoms with Gasteiger partial charge in [-0.05, 0) is 42.5 Å². The summed E-state index contributed by atoms with van der Waals surface area (Å²) in [5, 5.41) is 2.65. The van der Waals surface area contributed by atoms with E-state index >= 15 is 0 Å². The van der Waals surface area contributed by atoms with Crippen molar-refractivity contribution in [2.45, 2.75) is 24.2 Å². The highest BCUT2D eigenvalue weighted by Crippen LogP contribution is 2.37. The summed E-state index contributed by atoms with van der Waals surface area (Å²) in [6.07, 6.45) is 3.86. The molecule has 2 amide bonds. The molecule has 5 nitrogen and oxygen atoms in total. The van der Waals surface area contributed by atoms with Gasteiger partial charge in [0.15, 0.2) is 9.84 Å². The van der Waals surface area contributed by atoms with Gasteiger partial charge in [-0.15, -0.1) is 0 Å². The van der Waals surface area contributed by atoms with E-state index in [-0.39, 0.29) is 23.2 Å². The molecule has 1 N–H and O–H groups in total. The number of benzene rings is 1. The smallest absolute Gasteiger partial charge is 0.317 e. The van der Waals surface area contributed by atoms with Gasteiger partial charge in [0.05, 0.1) is 10.6 Å². The van der Waals surface area contributed by atoms with Crippen LogP contribution in [0.25, 0.3) is 0 Å². The first-order chi connectivity index (χ1) is 10.9. The number of nitrogens with zero attached hydrogens (tertiary/aromatic N) is 1. The highest BCUT2D eigenvalue weighted by Gasteiger charge is 2.35. The summed E-state index contributed by atoms with van der Waals surface area (Å²) in [6.45, 7) is 1.60. The lowest BCUT2D eigenvalue weighted by atomic mass is 9.94. The van der Waals surface area contributed by atoms with E-state index in [0.717, 1.165) is 31.1 Å². The van der Waals surface area contributed by atoms with Gasteiger partial charge in [-0.2, -0.15) is 0 Å². The highest BCUT2D eigenvalue weighted by atomic mass is 32.2. The summed E-state index contributed by atoms with van der Waals surface area (Å²) in [5.74, 6) is 0.807. The Morgan fingerprint density at radius 3 is 2.43 bits per heavy atom. The molecule has 1 aliphatic heterocycles. The van der Waals surface area contributed by atoms with Crippen LogP contribution in [-0.4, -0.2) is 44.7 Å². The molecule has 1 aliphatic carbocycles. The van der Waals surface area contributed by atoms with Crippen molar-refractivity contribution in [3.63, 3.8) is 0 Å². The minimum atomic E-state index is -3.51. The van der Waals surface area contributed by atoms with E-state index in [1.165, 1.54) is 31.4 Å². The average Bonchev–Trinajstić information content (AvgIpc) is 3.26. The van der Waals surface area contributed by atoms with Gasteiger partial charge >= 0.3 is 6.03 Å². The number of likely N-dealkylation sites (tertiary alicyclic amines) is 1. The fourth-order valence-corrected chi connectivity index (χ4v) is 4.03. The predicted octanol–water partition coefficient (Wildman–Crippen LogP) is 2.04. The molecular formula is C16H21FN2O3S. The summed E-state index contributed by atoms with van der Waals surface area (Å²) in [5.41, 5.74) is 0. The van der Waals surface area contributed by atoms with Crippen molar-refractivity contribution in [2.24, 2.45) is 11.8 Å². The Balaban J connectivity index is 1.40. The summed E-state index contributed by atoms with van der Waals surface area (Å²) < 4.78 is 37.0. The van der Waals surface area contributed by atoms with Crippen LogP contribution in [-0.2, 0) is 9.84 Å². The SMILES string of the molecule is O=C(NCCS(=O)(=O)c1ccc(F)cc1)N1CC(CC2CC2)C1. The van der Waals surface area contributed by atoms with Crippen LogP contribution in [0, 0.1) is 17.7 Å². The first-order valence-corrected chi connectivity index (χ1v) is 9.60. The Morgan fingerprint density at radius 1 is 1.17 bits per heavy atom. The fraction of sp³-hybridized carbons (Fsp3) is 0.562. The van der Waals surface area contributed by atoms with E-state index < -0.39 is 15.7 Å². The van der Waals surface area contributed by atoms with Crippen molar-refractivity contribution in [3.8, 4) is 0 Å². The van der Waals surface area contributed by atoms with Crippen LogP contribution < -0.4 is 5.32 Å². The Bertz CT molecular complexity index is 665. The lowest BCUT2D eigenvalue weighted by Crippen LogP contribution is -2.54. The number of carbonyl (C=O) groups is 1. The van der Waals surface area contributed by atoms with Gasteiger partial charge in [0.1, 0.15) is 5.82 Å². The largest absolute Gasteiger partial charge is 0.337 e. The second-order valence-electron chi connectivity index (χ2n) is 6.45. The second-order valence-corrected chi connectivity index (χ2v) is 8.56. The summed E-state index contributed by atoms with van der Waals surface area (Å²) in [6, 6.07) is 4.51. The number of halogens is 1. The number of amides is 2. The number of carbonyl (C=O) groups excluding carboxylic acids is 1. The topological polar surface area (TPSA) is 66.5 Å². The van der Waals surface area contributed by atoms with Crippen LogP contribution in [0.15, 0.2) is 29.2 Å². The van der Waals surface area contributed by atoms with Crippen molar-refractivity contribution in [3.05, 3.63) is 30.1 Å². The van der Waals surface area contributed by atoms with Crippen LogP contribution in [0.4, 0.5) is 9.18 Å². The van der Waals surface area contributed by atoms with E-state index in [9.17, 15) is 17.6 Å². The lowest BCUT2D eigenvalue weighted by molar-refractivity contribution is 0.113. The lowest BCUT2D eigenvalue weighted by Gasteiger charge is -2.39. The summed E-state index contributed by atoms with van der Waals surface area (Å²) in [7, 11) is -3.51. The van der Waals surface area contributed by atoms with Crippen LogP contribution in [0.3, 0.4) is 0 Å². The van der Waals surface area contributed by atoms with Gasteiger partial charge in [0, 0.05) is 19.6 Å². The quantitative estimate of drug-likeness (QED) is 0.806. The number of rotatable bonds is 6. The van der Waals surface area contributed by atoms with Gasteiger partial charge in [-0.1, -0.05) is 12.8 Å². The maximum Gasteiger partial charge on any atom is 0.317 e. The van der Waals surface area contributed by atoms with Crippen LogP contribution >= 0.6 is 0 Å². The third kappa shape index (κ3) is 4.22. The Kier molecular flexibility index (Phi) is 4.57. The second kappa shape index (κ2) is 6.47. The maximum absolute atomic E-state index is 12.8. The van der Waals surface area contributed by atoms with Gasteiger partial charge in [0.25, 0.3) is 0 Å². The summed E-state index contributed by atoms with van der Waals surface area (Å²) >= 11 is 0. The molecule has 0 spiro atoms. The zero-order valence-corrected chi connectivity index (χ0v) is 13.7. The first-order valence-electron chi connectivity index (χ1n) is 7.95. The third-order valence-electron chi connectivity index (χ3n) is 4.43. The molecule has 1 saturated heterocycles. The molecule has 2 aliphatic rings. The van der Waals surface area contributed by atoms with E-state index in [4.69, 9.17) is 0 Å². The number of urea groups is 1. The number of hydrogen-bond acceptors (Lipinski definition) is 3. The van der Waals surface area contributed by atoms with Crippen molar-refractivity contribution >= 4 is 15.9 Å². The van der Waals surface area contributed by atoms with E-state index in [1.54, 1.807) is 4.90 Å². The molecule has 0 aromatic heterocycles. The zero-order chi connectivity index (χ0) is 16.4. The molecule has 1 aromatic carbocycles. The molecule has 0 atom stereocenters. The average molecular weight is 340 g/mol. The zero-order valence-electron chi connectivity index (χ0n) is 12.9. The number of nitrogens with one attached hydrogen (secondary N) is 1.